The van der Waals surface area contributed by atoms with Crippen molar-refractivity contribution in [2.45, 2.75) is 18.9 Å². The molecular formula is C9H10F3NO2. The molecule has 84 valence electrons. The molecule has 1 aromatic rings. The van der Waals surface area contributed by atoms with Gasteiger partial charge in [-0.1, -0.05) is 30.3 Å². The first kappa shape index (κ1) is 12.0. The fourth-order valence-electron chi connectivity index (χ4n) is 1.03. The third-order valence-corrected chi connectivity index (χ3v) is 1.76. The number of hydroxylamine groups is 2. The Bertz CT molecular complexity index is 302. The highest BCUT2D eigenvalue weighted by Gasteiger charge is 2.42. The van der Waals surface area contributed by atoms with E-state index in [0.29, 0.717) is 5.56 Å². The molecule has 6 heteroatoms. The van der Waals surface area contributed by atoms with Gasteiger partial charge in [-0.2, -0.15) is 18.2 Å². The first-order valence-corrected chi connectivity index (χ1v) is 4.15. The molecule has 1 rings (SSSR count). The number of hydrogen-bond acceptors (Lipinski definition) is 3. The summed E-state index contributed by atoms with van der Waals surface area (Å²) in [5.41, 5.74) is 0.475. The van der Waals surface area contributed by atoms with Gasteiger partial charge in [0.25, 0.3) is 0 Å². The van der Waals surface area contributed by atoms with Gasteiger partial charge in [-0.15, -0.1) is 0 Å². The molecule has 0 radical (unpaired) electrons. The van der Waals surface area contributed by atoms with Crippen LogP contribution >= 0.6 is 0 Å². The Morgan fingerprint density at radius 2 is 1.73 bits per heavy atom. The molecule has 1 atom stereocenters. The number of alkyl halides is 3. The zero-order chi connectivity index (χ0) is 11.5. The van der Waals surface area contributed by atoms with E-state index in [0.717, 1.165) is 0 Å². The maximum Gasteiger partial charge on any atom is 0.430 e. The molecule has 2 N–H and O–H groups in total. The van der Waals surface area contributed by atoms with E-state index < -0.39 is 12.4 Å². The Hall–Kier alpha value is -1.11. The van der Waals surface area contributed by atoms with Gasteiger partial charge in [0.05, 0.1) is 6.54 Å². The molecule has 0 aliphatic carbocycles. The second kappa shape index (κ2) is 4.61. The standard InChI is InChI=1S/C9H10F3NO2/c10-9(11,12)8(14)13(15)6-7-4-2-1-3-5-7/h1-5,8,14-15H,6H2. The lowest BCUT2D eigenvalue weighted by Crippen LogP contribution is -2.43. The predicted octanol–water partition coefficient (Wildman–Crippen LogP) is 1.76. The highest BCUT2D eigenvalue weighted by Crippen LogP contribution is 2.22. The van der Waals surface area contributed by atoms with Crippen LogP contribution < -0.4 is 0 Å². The number of halogens is 3. The van der Waals surface area contributed by atoms with Crippen LogP contribution in [0.5, 0.6) is 0 Å². The summed E-state index contributed by atoms with van der Waals surface area (Å²) < 4.78 is 35.9. The van der Waals surface area contributed by atoms with Crippen LogP contribution in [0.2, 0.25) is 0 Å². The third-order valence-electron chi connectivity index (χ3n) is 1.76. The van der Waals surface area contributed by atoms with Gasteiger partial charge >= 0.3 is 6.18 Å². The predicted molar refractivity (Wildman–Crippen MR) is 45.8 cm³/mol. The van der Waals surface area contributed by atoms with Crippen molar-refractivity contribution in [2.24, 2.45) is 0 Å². The smallest absolute Gasteiger partial charge is 0.368 e. The van der Waals surface area contributed by atoms with E-state index in [1.165, 1.54) is 0 Å². The number of nitrogens with zero attached hydrogens (tertiary/aromatic N) is 1. The maximum absolute atomic E-state index is 12.0. The van der Waals surface area contributed by atoms with Crippen molar-refractivity contribution in [3.05, 3.63) is 35.9 Å². The van der Waals surface area contributed by atoms with Gasteiger partial charge in [0, 0.05) is 0 Å². The Balaban J connectivity index is 2.60. The van der Waals surface area contributed by atoms with Crippen LogP contribution in [0.4, 0.5) is 13.2 Å². The van der Waals surface area contributed by atoms with Crippen LogP contribution in [-0.4, -0.2) is 27.8 Å². The molecule has 0 fully saturated rings. The summed E-state index contributed by atoms with van der Waals surface area (Å²) in [6, 6.07) is 8.05. The number of hydrogen-bond donors (Lipinski definition) is 2. The number of rotatable bonds is 3. The molecule has 0 heterocycles. The second-order valence-corrected chi connectivity index (χ2v) is 3.00. The van der Waals surface area contributed by atoms with Gasteiger partial charge in [0.2, 0.25) is 6.23 Å². The first-order valence-electron chi connectivity index (χ1n) is 4.15. The van der Waals surface area contributed by atoms with Crippen LogP contribution in [0.1, 0.15) is 5.56 Å². The molecule has 0 bridgehead atoms. The van der Waals surface area contributed by atoms with Gasteiger partial charge < -0.3 is 10.3 Å². The SMILES string of the molecule is OC(N(O)Cc1ccccc1)C(F)(F)F. The Morgan fingerprint density at radius 1 is 1.20 bits per heavy atom. The molecule has 0 spiro atoms. The quantitative estimate of drug-likeness (QED) is 0.603. The highest BCUT2D eigenvalue weighted by molar-refractivity contribution is 5.14. The van der Waals surface area contributed by atoms with Crippen LogP contribution in [-0.2, 0) is 6.54 Å². The molecule has 1 aromatic carbocycles. The van der Waals surface area contributed by atoms with E-state index in [2.05, 4.69) is 0 Å². The summed E-state index contributed by atoms with van der Waals surface area (Å²) in [5, 5.41) is 17.5. The zero-order valence-corrected chi connectivity index (χ0v) is 7.65. The van der Waals surface area contributed by atoms with Crippen molar-refractivity contribution in [3.8, 4) is 0 Å². The average molecular weight is 221 g/mol. The summed E-state index contributed by atoms with van der Waals surface area (Å²) in [6.45, 7) is -0.387. The second-order valence-electron chi connectivity index (χ2n) is 3.00. The molecule has 0 aliphatic heterocycles. The van der Waals surface area contributed by atoms with Crippen molar-refractivity contribution in [1.29, 1.82) is 0 Å². The Morgan fingerprint density at radius 3 is 2.20 bits per heavy atom. The maximum atomic E-state index is 12.0. The van der Waals surface area contributed by atoms with E-state index in [1.54, 1.807) is 30.3 Å². The molecular weight excluding hydrogens is 211 g/mol. The Kier molecular flexibility index (Phi) is 3.67. The summed E-state index contributed by atoms with van der Waals surface area (Å²) >= 11 is 0. The Labute approximate surface area is 84.3 Å². The lowest BCUT2D eigenvalue weighted by Gasteiger charge is -2.23. The van der Waals surface area contributed by atoms with Gasteiger partial charge in [-0.3, -0.25) is 0 Å². The molecule has 15 heavy (non-hydrogen) atoms. The summed E-state index contributed by atoms with van der Waals surface area (Å²) in [5.74, 6) is 0. The minimum absolute atomic E-state index is 0.157. The van der Waals surface area contributed by atoms with Gasteiger partial charge in [0.1, 0.15) is 0 Å². The fraction of sp³-hybridized carbons (Fsp3) is 0.333. The van der Waals surface area contributed by atoms with Crippen LogP contribution in [0.3, 0.4) is 0 Å². The normalized spacial score (nSPS) is 14.3. The minimum atomic E-state index is -4.86. The van der Waals surface area contributed by atoms with Crippen molar-refractivity contribution in [3.63, 3.8) is 0 Å². The van der Waals surface area contributed by atoms with Gasteiger partial charge in [0.15, 0.2) is 0 Å². The van der Waals surface area contributed by atoms with E-state index in [-0.39, 0.29) is 11.6 Å². The molecule has 0 amide bonds. The van der Waals surface area contributed by atoms with Gasteiger partial charge in [-0.25, -0.2) is 0 Å². The molecule has 0 aliphatic rings. The van der Waals surface area contributed by atoms with Crippen molar-refractivity contribution >= 4 is 0 Å². The molecule has 0 aromatic heterocycles. The van der Waals surface area contributed by atoms with E-state index in [1.807, 2.05) is 0 Å². The average Bonchev–Trinajstić information content (AvgIpc) is 2.16. The summed E-state index contributed by atoms with van der Waals surface area (Å²) in [7, 11) is 0. The van der Waals surface area contributed by atoms with Gasteiger partial charge in [-0.05, 0) is 5.56 Å². The number of benzene rings is 1. The lowest BCUT2D eigenvalue weighted by molar-refractivity contribution is -0.319. The molecule has 0 saturated heterocycles. The van der Waals surface area contributed by atoms with Crippen molar-refractivity contribution < 1.29 is 23.5 Å². The highest BCUT2D eigenvalue weighted by atomic mass is 19.4. The zero-order valence-electron chi connectivity index (χ0n) is 7.65. The molecule has 3 nitrogen and oxygen atoms in total. The van der Waals surface area contributed by atoms with E-state index >= 15 is 0 Å². The molecule has 1 unspecified atom stereocenters. The monoisotopic (exact) mass is 221 g/mol. The topological polar surface area (TPSA) is 43.7 Å². The minimum Gasteiger partial charge on any atom is -0.368 e. The first-order chi connectivity index (χ1) is 6.91. The van der Waals surface area contributed by atoms with Crippen LogP contribution in [0.25, 0.3) is 0 Å². The third kappa shape index (κ3) is 3.50. The van der Waals surface area contributed by atoms with E-state index in [4.69, 9.17) is 10.3 Å². The largest absolute Gasteiger partial charge is 0.430 e. The molecule has 0 saturated carbocycles. The van der Waals surface area contributed by atoms with Crippen LogP contribution in [0, 0.1) is 0 Å². The summed E-state index contributed by atoms with van der Waals surface area (Å²) in [6.07, 6.45) is -7.72. The van der Waals surface area contributed by atoms with Crippen LogP contribution in [0.15, 0.2) is 30.3 Å². The summed E-state index contributed by atoms with van der Waals surface area (Å²) in [4.78, 5) is 0. The van der Waals surface area contributed by atoms with Crippen molar-refractivity contribution in [2.75, 3.05) is 0 Å². The van der Waals surface area contributed by atoms with Crippen molar-refractivity contribution in [1.82, 2.24) is 5.06 Å². The van der Waals surface area contributed by atoms with E-state index in [9.17, 15) is 13.2 Å². The lowest BCUT2D eigenvalue weighted by atomic mass is 10.2. The number of aliphatic hydroxyl groups excluding tert-OH is 1. The number of aliphatic hydroxyl groups is 1. The fourth-order valence-corrected chi connectivity index (χ4v) is 1.03.